The van der Waals surface area contributed by atoms with Crippen molar-refractivity contribution in [1.29, 1.82) is 0 Å². The summed E-state index contributed by atoms with van der Waals surface area (Å²) in [5, 5.41) is 10.5. The summed E-state index contributed by atoms with van der Waals surface area (Å²) in [6, 6.07) is 10.3. The first-order valence-corrected chi connectivity index (χ1v) is 5.32. The number of aryl methyl sites for hydroxylation is 1. The van der Waals surface area contributed by atoms with Crippen LogP contribution in [-0.2, 0) is 0 Å². The standard InChI is InChI=1S/C14H10O3/c1-8-6-7-10(15)12-13(16)9-4-2-3-5-11(9)17-14(8)12/h2-7,15H,1H3. The van der Waals surface area contributed by atoms with Crippen LogP contribution in [-0.4, -0.2) is 5.11 Å². The SMILES string of the molecule is Cc1ccc(O)c2c(=O)c3ccccc3oc12. The molecule has 0 saturated heterocycles. The Morgan fingerprint density at radius 1 is 1.12 bits per heavy atom. The van der Waals surface area contributed by atoms with E-state index in [1.54, 1.807) is 24.3 Å². The summed E-state index contributed by atoms with van der Waals surface area (Å²) in [6.45, 7) is 1.85. The van der Waals surface area contributed by atoms with E-state index in [-0.39, 0.29) is 16.6 Å². The van der Waals surface area contributed by atoms with E-state index in [0.717, 1.165) is 5.56 Å². The molecule has 0 aliphatic carbocycles. The van der Waals surface area contributed by atoms with Gasteiger partial charge in [-0.1, -0.05) is 18.2 Å². The second-order valence-electron chi connectivity index (χ2n) is 4.03. The Morgan fingerprint density at radius 2 is 1.88 bits per heavy atom. The van der Waals surface area contributed by atoms with Crippen LogP contribution in [0.15, 0.2) is 45.6 Å². The van der Waals surface area contributed by atoms with Crippen molar-refractivity contribution < 1.29 is 9.52 Å². The smallest absolute Gasteiger partial charge is 0.204 e. The quantitative estimate of drug-likeness (QED) is 0.599. The van der Waals surface area contributed by atoms with E-state index in [1.807, 2.05) is 13.0 Å². The average molecular weight is 226 g/mol. The lowest BCUT2D eigenvalue weighted by molar-refractivity contribution is 0.480. The molecule has 84 valence electrons. The van der Waals surface area contributed by atoms with Crippen molar-refractivity contribution in [2.24, 2.45) is 0 Å². The lowest BCUT2D eigenvalue weighted by atomic mass is 10.1. The molecule has 1 heterocycles. The van der Waals surface area contributed by atoms with E-state index in [1.165, 1.54) is 6.07 Å². The normalized spacial score (nSPS) is 11.1. The van der Waals surface area contributed by atoms with Gasteiger partial charge < -0.3 is 9.52 Å². The van der Waals surface area contributed by atoms with Crippen LogP contribution in [0.5, 0.6) is 5.75 Å². The van der Waals surface area contributed by atoms with Gasteiger partial charge in [0, 0.05) is 0 Å². The zero-order valence-electron chi connectivity index (χ0n) is 9.23. The molecule has 1 N–H and O–H groups in total. The second-order valence-corrected chi connectivity index (χ2v) is 4.03. The highest BCUT2D eigenvalue weighted by atomic mass is 16.3. The highest BCUT2D eigenvalue weighted by Crippen LogP contribution is 2.27. The van der Waals surface area contributed by atoms with E-state index in [4.69, 9.17) is 4.42 Å². The molecular weight excluding hydrogens is 216 g/mol. The Balaban J connectivity index is 2.69. The van der Waals surface area contributed by atoms with Gasteiger partial charge in [0.1, 0.15) is 22.3 Å². The highest BCUT2D eigenvalue weighted by molar-refractivity contribution is 5.94. The first-order valence-electron chi connectivity index (χ1n) is 5.32. The molecule has 0 spiro atoms. The average Bonchev–Trinajstić information content (AvgIpc) is 2.34. The summed E-state index contributed by atoms with van der Waals surface area (Å²) < 4.78 is 5.68. The lowest BCUT2D eigenvalue weighted by Gasteiger charge is -2.05. The molecule has 0 fully saturated rings. The van der Waals surface area contributed by atoms with Crippen LogP contribution in [0.25, 0.3) is 21.9 Å². The van der Waals surface area contributed by atoms with Gasteiger partial charge in [0.15, 0.2) is 0 Å². The van der Waals surface area contributed by atoms with E-state index in [0.29, 0.717) is 16.6 Å². The maximum atomic E-state index is 12.2. The Kier molecular flexibility index (Phi) is 1.95. The summed E-state index contributed by atoms with van der Waals surface area (Å²) in [6.07, 6.45) is 0. The second kappa shape index (κ2) is 3.35. The summed E-state index contributed by atoms with van der Waals surface area (Å²) in [7, 11) is 0. The minimum atomic E-state index is -0.192. The largest absolute Gasteiger partial charge is 0.507 e. The first kappa shape index (κ1) is 9.90. The van der Waals surface area contributed by atoms with E-state index >= 15 is 0 Å². The Labute approximate surface area is 96.9 Å². The van der Waals surface area contributed by atoms with Gasteiger partial charge in [0.2, 0.25) is 5.43 Å². The van der Waals surface area contributed by atoms with Crippen molar-refractivity contribution in [2.45, 2.75) is 6.92 Å². The molecule has 0 atom stereocenters. The van der Waals surface area contributed by atoms with Crippen molar-refractivity contribution in [3.05, 3.63) is 52.2 Å². The number of phenolic OH excluding ortho intramolecular Hbond substituents is 1. The number of hydrogen-bond donors (Lipinski definition) is 1. The van der Waals surface area contributed by atoms with Crippen LogP contribution >= 0.6 is 0 Å². The van der Waals surface area contributed by atoms with Crippen LogP contribution in [0.1, 0.15) is 5.56 Å². The molecule has 3 aromatic rings. The van der Waals surface area contributed by atoms with Crippen LogP contribution in [0.4, 0.5) is 0 Å². The Hall–Kier alpha value is -2.29. The summed E-state index contributed by atoms with van der Waals surface area (Å²) >= 11 is 0. The van der Waals surface area contributed by atoms with Crippen molar-refractivity contribution >= 4 is 21.9 Å². The van der Waals surface area contributed by atoms with Crippen LogP contribution in [0, 0.1) is 6.92 Å². The number of fused-ring (bicyclic) bond motifs is 2. The van der Waals surface area contributed by atoms with E-state index in [2.05, 4.69) is 0 Å². The number of rotatable bonds is 0. The van der Waals surface area contributed by atoms with Crippen LogP contribution < -0.4 is 5.43 Å². The van der Waals surface area contributed by atoms with Crippen molar-refractivity contribution in [3.8, 4) is 5.75 Å². The maximum Gasteiger partial charge on any atom is 0.204 e. The molecular formula is C14H10O3. The number of benzene rings is 2. The summed E-state index contributed by atoms with van der Waals surface area (Å²) in [5.74, 6) is -0.0369. The van der Waals surface area contributed by atoms with Gasteiger partial charge in [-0.15, -0.1) is 0 Å². The third-order valence-corrected chi connectivity index (χ3v) is 2.90. The molecule has 0 bridgehead atoms. The number of phenols is 1. The molecule has 0 amide bonds. The molecule has 0 aliphatic rings. The topological polar surface area (TPSA) is 50.4 Å². The lowest BCUT2D eigenvalue weighted by Crippen LogP contribution is -2.02. The molecule has 3 heteroatoms. The van der Waals surface area contributed by atoms with Crippen LogP contribution in [0.3, 0.4) is 0 Å². The predicted molar refractivity (Wildman–Crippen MR) is 66.4 cm³/mol. The minimum absolute atomic E-state index is 0.0369. The van der Waals surface area contributed by atoms with Crippen molar-refractivity contribution in [1.82, 2.24) is 0 Å². The third kappa shape index (κ3) is 1.32. The van der Waals surface area contributed by atoms with Gasteiger partial charge >= 0.3 is 0 Å². The molecule has 0 unspecified atom stereocenters. The highest BCUT2D eigenvalue weighted by Gasteiger charge is 2.12. The molecule has 3 nitrogen and oxygen atoms in total. The van der Waals surface area contributed by atoms with Gasteiger partial charge in [-0.05, 0) is 30.7 Å². The van der Waals surface area contributed by atoms with Gasteiger partial charge in [-0.2, -0.15) is 0 Å². The van der Waals surface area contributed by atoms with E-state index in [9.17, 15) is 9.90 Å². The first-order chi connectivity index (χ1) is 8.18. The van der Waals surface area contributed by atoms with Gasteiger partial charge in [0.25, 0.3) is 0 Å². The fourth-order valence-electron chi connectivity index (χ4n) is 2.02. The molecule has 3 rings (SSSR count). The van der Waals surface area contributed by atoms with Crippen LogP contribution in [0.2, 0.25) is 0 Å². The predicted octanol–water partition coefficient (Wildman–Crippen LogP) is 2.96. The third-order valence-electron chi connectivity index (χ3n) is 2.90. The van der Waals surface area contributed by atoms with E-state index < -0.39 is 0 Å². The van der Waals surface area contributed by atoms with Gasteiger partial charge in [-0.25, -0.2) is 0 Å². The van der Waals surface area contributed by atoms with Crippen molar-refractivity contribution in [3.63, 3.8) is 0 Å². The molecule has 1 aromatic heterocycles. The fraction of sp³-hybridized carbons (Fsp3) is 0.0714. The Morgan fingerprint density at radius 3 is 2.71 bits per heavy atom. The summed E-state index contributed by atoms with van der Waals surface area (Å²) in [4.78, 5) is 12.2. The molecule has 0 aliphatic heterocycles. The molecule has 0 radical (unpaired) electrons. The zero-order chi connectivity index (χ0) is 12.0. The number of aromatic hydroxyl groups is 1. The van der Waals surface area contributed by atoms with Gasteiger partial charge in [-0.3, -0.25) is 4.79 Å². The number of para-hydroxylation sites is 1. The van der Waals surface area contributed by atoms with Gasteiger partial charge in [0.05, 0.1) is 5.39 Å². The molecule has 2 aromatic carbocycles. The minimum Gasteiger partial charge on any atom is -0.507 e. The number of hydrogen-bond acceptors (Lipinski definition) is 3. The Bertz CT molecular complexity index is 784. The zero-order valence-corrected chi connectivity index (χ0v) is 9.23. The summed E-state index contributed by atoms with van der Waals surface area (Å²) in [5.41, 5.74) is 1.64. The maximum absolute atomic E-state index is 12.2. The van der Waals surface area contributed by atoms with Crippen molar-refractivity contribution in [2.75, 3.05) is 0 Å². The molecule has 0 saturated carbocycles. The fourth-order valence-corrected chi connectivity index (χ4v) is 2.02. The molecule has 17 heavy (non-hydrogen) atoms. The monoisotopic (exact) mass is 226 g/mol.